The zero-order valence-corrected chi connectivity index (χ0v) is 16.5. The monoisotopic (exact) mass is 345 g/mol. The van der Waals surface area contributed by atoms with Gasteiger partial charge in [-0.15, -0.1) is 0 Å². The molecule has 4 nitrogen and oxygen atoms in total. The van der Waals surface area contributed by atoms with Crippen LogP contribution in [0.1, 0.15) is 54.0 Å². The van der Waals surface area contributed by atoms with Gasteiger partial charge in [0.1, 0.15) is 5.60 Å². The predicted octanol–water partition coefficient (Wildman–Crippen LogP) is 4.67. The fourth-order valence-electron chi connectivity index (χ4n) is 3.87. The van der Waals surface area contributed by atoms with E-state index in [-0.39, 0.29) is 29.2 Å². The van der Waals surface area contributed by atoms with Crippen molar-refractivity contribution < 1.29 is 14.3 Å². The molecule has 0 spiro atoms. The highest BCUT2D eigenvalue weighted by Gasteiger charge is 2.53. The number of hydrogen-bond acceptors (Lipinski definition) is 3. The first-order valence-corrected chi connectivity index (χ1v) is 9.05. The number of cyclic esters (lactones) is 1. The molecule has 2 rings (SSSR count). The third-order valence-corrected chi connectivity index (χ3v) is 5.03. The van der Waals surface area contributed by atoms with Crippen LogP contribution in [-0.2, 0) is 16.0 Å². The lowest BCUT2D eigenvalue weighted by Gasteiger charge is -2.36. The quantitative estimate of drug-likeness (QED) is 0.796. The zero-order chi connectivity index (χ0) is 19.0. The molecule has 4 heteroatoms. The Bertz CT molecular complexity index is 628. The third kappa shape index (κ3) is 4.05. The number of ether oxygens (including phenoxy) is 1. The minimum atomic E-state index is -0.671. The maximum Gasteiger partial charge on any atom is 0.417 e. The van der Waals surface area contributed by atoms with E-state index >= 15 is 0 Å². The summed E-state index contributed by atoms with van der Waals surface area (Å²) in [5.74, 6) is -0.300. The van der Waals surface area contributed by atoms with Crippen molar-refractivity contribution in [3.05, 3.63) is 35.9 Å². The fraction of sp³-hybridized carbons (Fsp3) is 0.619. The van der Waals surface area contributed by atoms with Crippen molar-refractivity contribution in [1.82, 2.24) is 4.90 Å². The normalized spacial score (nSPS) is 21.4. The molecule has 1 saturated heterocycles. The van der Waals surface area contributed by atoms with E-state index in [0.717, 1.165) is 5.56 Å². The van der Waals surface area contributed by atoms with Gasteiger partial charge in [-0.25, -0.2) is 9.69 Å². The molecule has 0 N–H and O–H groups in total. The van der Waals surface area contributed by atoms with Crippen molar-refractivity contribution in [1.29, 1.82) is 0 Å². The topological polar surface area (TPSA) is 46.6 Å². The van der Waals surface area contributed by atoms with Gasteiger partial charge in [0.15, 0.2) is 0 Å². The van der Waals surface area contributed by atoms with Crippen molar-refractivity contribution in [3.8, 4) is 0 Å². The van der Waals surface area contributed by atoms with Gasteiger partial charge in [-0.3, -0.25) is 4.79 Å². The number of nitrogens with zero attached hydrogens (tertiary/aromatic N) is 1. The minimum absolute atomic E-state index is 0.128. The molecule has 1 aromatic rings. The highest BCUT2D eigenvalue weighted by atomic mass is 16.6. The molecular weight excluding hydrogens is 314 g/mol. The first-order chi connectivity index (χ1) is 11.4. The van der Waals surface area contributed by atoms with Gasteiger partial charge in [0.05, 0.1) is 6.04 Å². The number of rotatable bonds is 4. The molecule has 2 atom stereocenters. The van der Waals surface area contributed by atoms with Gasteiger partial charge in [-0.05, 0) is 37.2 Å². The summed E-state index contributed by atoms with van der Waals surface area (Å²) in [6.45, 7) is 14.0. The molecule has 2 amide bonds. The minimum Gasteiger partial charge on any atom is -0.441 e. The van der Waals surface area contributed by atoms with E-state index in [0.29, 0.717) is 6.42 Å². The van der Waals surface area contributed by atoms with Crippen LogP contribution in [0.15, 0.2) is 30.3 Å². The molecule has 1 aliphatic rings. The largest absolute Gasteiger partial charge is 0.441 e. The molecule has 0 radical (unpaired) electrons. The van der Waals surface area contributed by atoms with E-state index < -0.39 is 11.7 Å². The maximum absolute atomic E-state index is 13.4. The lowest BCUT2D eigenvalue weighted by atomic mass is 9.75. The second kappa shape index (κ2) is 6.81. The van der Waals surface area contributed by atoms with E-state index in [2.05, 4.69) is 20.8 Å². The molecule has 138 valence electrons. The molecule has 1 aromatic carbocycles. The van der Waals surface area contributed by atoms with E-state index in [1.165, 1.54) is 4.90 Å². The maximum atomic E-state index is 13.4. The molecule has 0 aromatic heterocycles. The van der Waals surface area contributed by atoms with Crippen LogP contribution >= 0.6 is 0 Å². The second-order valence-corrected chi connectivity index (χ2v) is 8.98. The molecule has 1 aliphatic heterocycles. The molecule has 1 heterocycles. The van der Waals surface area contributed by atoms with Crippen LogP contribution in [0.5, 0.6) is 0 Å². The van der Waals surface area contributed by atoms with Crippen LogP contribution in [0.2, 0.25) is 0 Å². The predicted molar refractivity (Wildman–Crippen MR) is 99.1 cm³/mol. The number of carbonyl (C=O) groups excluding carboxylic acids is 2. The van der Waals surface area contributed by atoms with E-state index in [9.17, 15) is 9.59 Å². The Morgan fingerprint density at radius 2 is 1.76 bits per heavy atom. The number of hydrogen-bond donors (Lipinski definition) is 0. The average molecular weight is 345 g/mol. The van der Waals surface area contributed by atoms with Crippen molar-refractivity contribution >= 4 is 12.0 Å². The Labute approximate surface area is 151 Å². The van der Waals surface area contributed by atoms with Gasteiger partial charge in [0.25, 0.3) is 0 Å². The van der Waals surface area contributed by atoms with Gasteiger partial charge in [-0.1, -0.05) is 65.0 Å². The molecule has 0 bridgehead atoms. The fourth-order valence-corrected chi connectivity index (χ4v) is 3.87. The number of carbonyl (C=O) groups is 2. The molecule has 25 heavy (non-hydrogen) atoms. The number of imide groups is 1. The molecule has 0 aliphatic carbocycles. The second-order valence-electron chi connectivity index (χ2n) is 8.98. The molecule has 0 unspecified atom stereocenters. The summed E-state index contributed by atoms with van der Waals surface area (Å²) in [6.07, 6.45) is 0.0917. The number of benzene rings is 1. The van der Waals surface area contributed by atoms with Crippen molar-refractivity contribution in [2.24, 2.45) is 17.3 Å². The van der Waals surface area contributed by atoms with Crippen LogP contribution in [0.25, 0.3) is 0 Å². The van der Waals surface area contributed by atoms with Crippen LogP contribution in [-0.4, -0.2) is 28.5 Å². The Hall–Kier alpha value is -1.84. The summed E-state index contributed by atoms with van der Waals surface area (Å²) in [5.41, 5.74) is 0.168. The smallest absolute Gasteiger partial charge is 0.417 e. The van der Waals surface area contributed by atoms with Crippen LogP contribution in [0, 0.1) is 17.3 Å². The Balaban J connectivity index is 2.37. The standard InChI is InChI=1S/C21H31NO3/c1-14(2)17-21(6,7)25-19(24)22(17)18(23)16(20(3,4)5)13-15-11-9-8-10-12-15/h8-12,14,16-17H,13H2,1-7H3/t16-,17+/m1/s1. The van der Waals surface area contributed by atoms with Crippen molar-refractivity contribution in [2.75, 3.05) is 0 Å². The first-order valence-electron chi connectivity index (χ1n) is 9.05. The summed E-state index contributed by atoms with van der Waals surface area (Å²) in [6, 6.07) is 9.71. The first kappa shape index (κ1) is 19.5. The molecule has 0 saturated carbocycles. The van der Waals surface area contributed by atoms with E-state index in [1.807, 2.05) is 58.0 Å². The Kier molecular flexibility index (Phi) is 5.31. The summed E-state index contributed by atoms with van der Waals surface area (Å²) >= 11 is 0. The number of amides is 2. The lowest BCUT2D eigenvalue weighted by molar-refractivity contribution is -0.138. The summed E-state index contributed by atoms with van der Waals surface area (Å²) < 4.78 is 5.54. The Morgan fingerprint density at radius 3 is 2.24 bits per heavy atom. The van der Waals surface area contributed by atoms with E-state index in [4.69, 9.17) is 4.74 Å². The van der Waals surface area contributed by atoms with E-state index in [1.54, 1.807) is 0 Å². The third-order valence-electron chi connectivity index (χ3n) is 5.03. The van der Waals surface area contributed by atoms with Crippen molar-refractivity contribution in [3.63, 3.8) is 0 Å². The Morgan fingerprint density at radius 1 is 1.20 bits per heavy atom. The zero-order valence-electron chi connectivity index (χ0n) is 16.5. The lowest BCUT2D eigenvalue weighted by Crippen LogP contribution is -2.51. The van der Waals surface area contributed by atoms with Gasteiger partial charge >= 0.3 is 6.09 Å². The van der Waals surface area contributed by atoms with Crippen LogP contribution in [0.3, 0.4) is 0 Å². The van der Waals surface area contributed by atoms with Gasteiger partial charge in [-0.2, -0.15) is 0 Å². The highest BCUT2D eigenvalue weighted by molar-refractivity contribution is 5.95. The van der Waals surface area contributed by atoms with Crippen LogP contribution in [0.4, 0.5) is 4.79 Å². The van der Waals surface area contributed by atoms with Gasteiger partial charge in [0, 0.05) is 5.92 Å². The summed E-state index contributed by atoms with van der Waals surface area (Å²) in [7, 11) is 0. The molecule has 1 fully saturated rings. The SMILES string of the molecule is CC(C)[C@@H]1N(C(=O)[C@@H](Cc2ccccc2)C(C)(C)C)C(=O)OC1(C)C. The average Bonchev–Trinajstić information content (AvgIpc) is 2.73. The highest BCUT2D eigenvalue weighted by Crippen LogP contribution is 2.38. The summed E-state index contributed by atoms with van der Waals surface area (Å²) in [4.78, 5) is 27.3. The van der Waals surface area contributed by atoms with Crippen molar-refractivity contribution in [2.45, 2.75) is 66.5 Å². The van der Waals surface area contributed by atoms with Crippen LogP contribution < -0.4 is 0 Å². The summed E-state index contributed by atoms with van der Waals surface area (Å²) in [5, 5.41) is 0. The molecular formula is C21H31NO3. The van der Waals surface area contributed by atoms with Gasteiger partial charge in [0.2, 0.25) is 5.91 Å². The van der Waals surface area contributed by atoms with Gasteiger partial charge < -0.3 is 4.74 Å².